The normalized spacial score (nSPS) is 11.2. The Morgan fingerprint density at radius 3 is 2.60 bits per heavy atom. The van der Waals surface area contributed by atoms with Crippen LogP contribution in [0.3, 0.4) is 0 Å². The van der Waals surface area contributed by atoms with Crippen molar-refractivity contribution >= 4 is 39.0 Å². The van der Waals surface area contributed by atoms with Crippen LogP contribution in [0.2, 0.25) is 5.02 Å². The number of nitrogens with one attached hydrogen (secondary N) is 2. The summed E-state index contributed by atoms with van der Waals surface area (Å²) >= 11 is 6.02. The lowest BCUT2D eigenvalue weighted by Crippen LogP contribution is -2.28. The highest BCUT2D eigenvalue weighted by atomic mass is 35.5. The van der Waals surface area contributed by atoms with Crippen LogP contribution in [0, 0.1) is 0 Å². The lowest BCUT2D eigenvalue weighted by atomic mass is 10.1. The highest BCUT2D eigenvalue weighted by Crippen LogP contribution is 2.29. The van der Waals surface area contributed by atoms with Gasteiger partial charge in [-0.05, 0) is 12.1 Å². The van der Waals surface area contributed by atoms with Gasteiger partial charge in [0, 0.05) is 18.8 Å². The Labute approximate surface area is 122 Å². The van der Waals surface area contributed by atoms with E-state index in [9.17, 15) is 13.2 Å². The third kappa shape index (κ3) is 4.87. The molecule has 0 bridgehead atoms. The maximum Gasteiger partial charge on any atom is 0.340 e. The average Bonchev–Trinajstić information content (AvgIpc) is 2.33. The molecule has 0 saturated heterocycles. The zero-order chi connectivity index (χ0) is 15.3. The number of carbonyl (C=O) groups is 1. The van der Waals surface area contributed by atoms with Gasteiger partial charge in [-0.2, -0.15) is 0 Å². The number of ether oxygens (including phenoxy) is 1. The molecule has 9 heteroatoms. The second kappa shape index (κ2) is 6.78. The number of benzene rings is 1. The summed E-state index contributed by atoms with van der Waals surface area (Å²) in [6.45, 7) is 0.404. The smallest absolute Gasteiger partial charge is 0.340 e. The summed E-state index contributed by atoms with van der Waals surface area (Å²) in [7, 11) is -2.02. The first kappa shape index (κ1) is 16.5. The minimum Gasteiger partial charge on any atom is -0.465 e. The standard InChI is InChI=1S/C11H16ClN3O4S/c1-19-11(16)8-5-7(13)6-9(12)10(8)14-3-4-15-20(2,17)18/h5-6,14-15H,3-4,13H2,1-2H3. The van der Waals surface area contributed by atoms with Gasteiger partial charge in [0.25, 0.3) is 0 Å². The molecule has 0 amide bonds. The lowest BCUT2D eigenvalue weighted by Gasteiger charge is -2.13. The van der Waals surface area contributed by atoms with E-state index in [2.05, 4.69) is 14.8 Å². The fourth-order valence-corrected chi connectivity index (χ4v) is 2.27. The number of carbonyl (C=O) groups excluding carboxylic acids is 1. The molecule has 0 aromatic heterocycles. The van der Waals surface area contributed by atoms with Crippen molar-refractivity contribution in [3.05, 3.63) is 22.7 Å². The van der Waals surface area contributed by atoms with Gasteiger partial charge < -0.3 is 15.8 Å². The van der Waals surface area contributed by atoms with E-state index < -0.39 is 16.0 Å². The van der Waals surface area contributed by atoms with Crippen molar-refractivity contribution in [1.29, 1.82) is 0 Å². The molecule has 0 saturated carbocycles. The molecule has 112 valence electrons. The van der Waals surface area contributed by atoms with E-state index in [1.807, 2.05) is 0 Å². The fraction of sp³-hybridized carbons (Fsp3) is 0.364. The number of methoxy groups -OCH3 is 1. The van der Waals surface area contributed by atoms with Crippen LogP contribution in [0.4, 0.5) is 11.4 Å². The van der Waals surface area contributed by atoms with Gasteiger partial charge in [-0.1, -0.05) is 11.6 Å². The van der Waals surface area contributed by atoms with Gasteiger partial charge >= 0.3 is 5.97 Å². The van der Waals surface area contributed by atoms with Gasteiger partial charge in [0.15, 0.2) is 0 Å². The van der Waals surface area contributed by atoms with Crippen LogP contribution in [-0.2, 0) is 14.8 Å². The van der Waals surface area contributed by atoms with Crippen molar-refractivity contribution in [2.45, 2.75) is 0 Å². The summed E-state index contributed by atoms with van der Waals surface area (Å²) < 4.78 is 28.8. The summed E-state index contributed by atoms with van der Waals surface area (Å²) in [6, 6.07) is 2.92. The predicted molar refractivity (Wildman–Crippen MR) is 78.5 cm³/mol. The number of nitrogens with two attached hydrogens (primary N) is 1. The molecule has 0 radical (unpaired) electrons. The second-order valence-corrected chi connectivity index (χ2v) is 6.25. The van der Waals surface area contributed by atoms with Crippen LogP contribution < -0.4 is 15.8 Å². The summed E-state index contributed by atoms with van der Waals surface area (Å²) in [6.07, 6.45) is 1.06. The molecular formula is C11H16ClN3O4S. The third-order valence-corrected chi connectivity index (χ3v) is 3.34. The topological polar surface area (TPSA) is 111 Å². The second-order valence-electron chi connectivity index (χ2n) is 4.01. The van der Waals surface area contributed by atoms with Crippen molar-refractivity contribution in [1.82, 2.24) is 4.72 Å². The van der Waals surface area contributed by atoms with Crippen LogP contribution in [0.25, 0.3) is 0 Å². The molecule has 0 aliphatic heterocycles. The van der Waals surface area contributed by atoms with Crippen LogP contribution in [0.5, 0.6) is 0 Å². The number of nitrogen functional groups attached to an aromatic ring is 1. The SMILES string of the molecule is COC(=O)c1cc(N)cc(Cl)c1NCCNS(C)(=O)=O. The summed E-state index contributed by atoms with van der Waals surface area (Å²) in [5.41, 5.74) is 6.49. The van der Waals surface area contributed by atoms with E-state index in [4.69, 9.17) is 17.3 Å². The summed E-state index contributed by atoms with van der Waals surface area (Å²) in [4.78, 5) is 11.6. The molecule has 4 N–H and O–H groups in total. The van der Waals surface area contributed by atoms with Crippen molar-refractivity contribution in [3.8, 4) is 0 Å². The van der Waals surface area contributed by atoms with Crippen LogP contribution in [-0.4, -0.2) is 40.8 Å². The fourth-order valence-electron chi connectivity index (χ4n) is 1.50. The van der Waals surface area contributed by atoms with Gasteiger partial charge in [0.2, 0.25) is 10.0 Å². The number of sulfonamides is 1. The molecule has 0 spiro atoms. The number of esters is 1. The van der Waals surface area contributed by atoms with E-state index >= 15 is 0 Å². The molecule has 1 rings (SSSR count). The Balaban J connectivity index is 2.85. The minimum absolute atomic E-state index is 0.153. The Morgan fingerprint density at radius 2 is 2.05 bits per heavy atom. The molecule has 1 aromatic carbocycles. The highest BCUT2D eigenvalue weighted by Gasteiger charge is 2.16. The van der Waals surface area contributed by atoms with Gasteiger partial charge in [-0.15, -0.1) is 0 Å². The highest BCUT2D eigenvalue weighted by molar-refractivity contribution is 7.88. The molecular weight excluding hydrogens is 306 g/mol. The zero-order valence-corrected chi connectivity index (χ0v) is 12.6. The van der Waals surface area contributed by atoms with Gasteiger partial charge in [0.1, 0.15) is 0 Å². The number of rotatable bonds is 6. The molecule has 7 nitrogen and oxygen atoms in total. The summed E-state index contributed by atoms with van der Waals surface area (Å²) in [5, 5.41) is 3.14. The van der Waals surface area contributed by atoms with Crippen LogP contribution in [0.15, 0.2) is 12.1 Å². The number of hydrogen-bond acceptors (Lipinski definition) is 6. The largest absolute Gasteiger partial charge is 0.465 e. The van der Waals surface area contributed by atoms with Crippen LogP contribution >= 0.6 is 11.6 Å². The maximum atomic E-state index is 11.6. The van der Waals surface area contributed by atoms with Gasteiger partial charge in [-0.3, -0.25) is 0 Å². The Hall–Kier alpha value is -1.51. The van der Waals surface area contributed by atoms with E-state index in [1.54, 1.807) is 0 Å². The molecule has 0 heterocycles. The number of hydrogen-bond donors (Lipinski definition) is 3. The monoisotopic (exact) mass is 321 g/mol. The van der Waals surface area contributed by atoms with Crippen molar-refractivity contribution < 1.29 is 17.9 Å². The lowest BCUT2D eigenvalue weighted by molar-refractivity contribution is 0.0602. The van der Waals surface area contributed by atoms with Crippen molar-refractivity contribution in [2.75, 3.05) is 37.5 Å². The zero-order valence-electron chi connectivity index (χ0n) is 11.1. The first-order chi connectivity index (χ1) is 9.24. The van der Waals surface area contributed by atoms with E-state index in [0.29, 0.717) is 11.4 Å². The van der Waals surface area contributed by atoms with Crippen LogP contribution in [0.1, 0.15) is 10.4 Å². The van der Waals surface area contributed by atoms with Gasteiger partial charge in [-0.25, -0.2) is 17.9 Å². The Morgan fingerprint density at radius 1 is 1.40 bits per heavy atom. The third-order valence-electron chi connectivity index (χ3n) is 2.31. The predicted octanol–water partition coefficient (Wildman–Crippen LogP) is 0.670. The molecule has 0 fully saturated rings. The van der Waals surface area contributed by atoms with E-state index in [-0.39, 0.29) is 23.7 Å². The first-order valence-electron chi connectivity index (χ1n) is 5.60. The molecule has 0 aliphatic rings. The minimum atomic E-state index is -3.26. The maximum absolute atomic E-state index is 11.6. The van der Waals surface area contributed by atoms with Crippen molar-refractivity contribution in [3.63, 3.8) is 0 Å². The quantitative estimate of drug-likeness (QED) is 0.403. The first-order valence-corrected chi connectivity index (χ1v) is 7.87. The molecule has 0 aliphatic carbocycles. The van der Waals surface area contributed by atoms with E-state index in [0.717, 1.165) is 6.26 Å². The number of anilines is 2. The Bertz CT molecular complexity index is 604. The molecule has 1 aromatic rings. The van der Waals surface area contributed by atoms with E-state index in [1.165, 1.54) is 19.2 Å². The number of halogens is 1. The van der Waals surface area contributed by atoms with Gasteiger partial charge in [0.05, 0.1) is 29.6 Å². The average molecular weight is 322 g/mol. The summed E-state index contributed by atoms with van der Waals surface area (Å²) in [5.74, 6) is -0.585. The molecule has 20 heavy (non-hydrogen) atoms. The van der Waals surface area contributed by atoms with Crippen molar-refractivity contribution in [2.24, 2.45) is 0 Å². The molecule has 0 atom stereocenters. The Kier molecular flexibility index (Phi) is 5.61. The molecule has 0 unspecified atom stereocenters.